The lowest BCUT2D eigenvalue weighted by atomic mass is 10.3. The maximum Gasteiger partial charge on any atom is 0.450 e. The minimum absolute atomic E-state index is 0.0508. The second-order valence-electron chi connectivity index (χ2n) is 5.11. The van der Waals surface area contributed by atoms with Crippen LogP contribution in [-0.2, 0) is 33.3 Å². The van der Waals surface area contributed by atoms with Gasteiger partial charge in [-0.3, -0.25) is 0 Å². The van der Waals surface area contributed by atoms with Gasteiger partial charge in [0.25, 0.3) is 0 Å². The SMILES string of the molecule is C=C(C)C(=O)OC1(C)OC1(OC(=O)C(=C)C)OC(=O)C(=C)C. The van der Waals surface area contributed by atoms with Crippen LogP contribution in [0.2, 0.25) is 0 Å². The topological polar surface area (TPSA) is 91.4 Å². The first kappa shape index (κ1) is 17.6. The summed E-state index contributed by atoms with van der Waals surface area (Å²) < 4.78 is 20.1. The lowest BCUT2D eigenvalue weighted by Gasteiger charge is -2.17. The molecule has 0 aromatic carbocycles. The zero-order chi connectivity index (χ0) is 17.3. The maximum atomic E-state index is 11.7. The summed E-state index contributed by atoms with van der Waals surface area (Å²) in [6.07, 6.45) is 0. The summed E-state index contributed by atoms with van der Waals surface area (Å²) in [6.45, 7) is 15.7. The molecule has 0 bridgehead atoms. The van der Waals surface area contributed by atoms with Gasteiger partial charge in [0, 0.05) is 23.6 Å². The molecule has 120 valence electrons. The molecule has 1 heterocycles. The van der Waals surface area contributed by atoms with Crippen LogP contribution in [0.4, 0.5) is 0 Å². The monoisotopic (exact) mass is 310 g/mol. The average Bonchev–Trinajstić information content (AvgIpc) is 2.91. The van der Waals surface area contributed by atoms with Crippen LogP contribution in [0.5, 0.6) is 0 Å². The summed E-state index contributed by atoms with van der Waals surface area (Å²) in [5.41, 5.74) is 0.202. The summed E-state index contributed by atoms with van der Waals surface area (Å²) in [5, 5.41) is 0. The van der Waals surface area contributed by atoms with Gasteiger partial charge in [0.1, 0.15) is 0 Å². The minimum atomic E-state index is -2.18. The number of hydrogen-bond donors (Lipinski definition) is 0. The van der Waals surface area contributed by atoms with E-state index in [9.17, 15) is 14.4 Å². The van der Waals surface area contributed by atoms with Gasteiger partial charge >= 0.3 is 29.7 Å². The van der Waals surface area contributed by atoms with Crippen LogP contribution in [0.3, 0.4) is 0 Å². The quantitative estimate of drug-likeness (QED) is 0.319. The van der Waals surface area contributed by atoms with E-state index < -0.39 is 29.7 Å². The van der Waals surface area contributed by atoms with Crippen LogP contribution in [0.25, 0.3) is 0 Å². The fourth-order valence-electron chi connectivity index (χ4n) is 1.24. The fraction of sp³-hybridized carbons (Fsp3) is 0.400. The lowest BCUT2D eigenvalue weighted by molar-refractivity contribution is -0.225. The van der Waals surface area contributed by atoms with Crippen molar-refractivity contribution in [2.24, 2.45) is 0 Å². The van der Waals surface area contributed by atoms with Crippen LogP contribution >= 0.6 is 0 Å². The van der Waals surface area contributed by atoms with Crippen LogP contribution in [0.1, 0.15) is 27.7 Å². The van der Waals surface area contributed by atoms with Gasteiger partial charge in [0.15, 0.2) is 0 Å². The summed E-state index contributed by atoms with van der Waals surface area (Å²) in [4.78, 5) is 35.0. The fourth-order valence-corrected chi connectivity index (χ4v) is 1.24. The van der Waals surface area contributed by atoms with E-state index in [1.54, 1.807) is 0 Å². The summed E-state index contributed by atoms with van der Waals surface area (Å²) in [5.74, 6) is -6.49. The highest BCUT2D eigenvalue weighted by Gasteiger charge is 2.80. The number of rotatable bonds is 6. The predicted octanol–water partition coefficient (Wildman–Crippen LogP) is 1.74. The van der Waals surface area contributed by atoms with Crippen molar-refractivity contribution in [1.29, 1.82) is 0 Å². The van der Waals surface area contributed by atoms with Gasteiger partial charge in [-0.1, -0.05) is 19.7 Å². The molecule has 0 N–H and O–H groups in total. The summed E-state index contributed by atoms with van der Waals surface area (Å²) in [6, 6.07) is 0. The molecule has 0 aliphatic carbocycles. The van der Waals surface area contributed by atoms with Gasteiger partial charge in [-0.2, -0.15) is 0 Å². The van der Waals surface area contributed by atoms with Gasteiger partial charge in [-0.05, 0) is 20.8 Å². The van der Waals surface area contributed by atoms with Crippen LogP contribution in [0.15, 0.2) is 36.5 Å². The molecule has 1 saturated heterocycles. The van der Waals surface area contributed by atoms with Gasteiger partial charge in [0.05, 0.1) is 0 Å². The largest absolute Gasteiger partial charge is 0.450 e. The average molecular weight is 310 g/mol. The van der Waals surface area contributed by atoms with Gasteiger partial charge in [-0.25, -0.2) is 19.1 Å². The third-order valence-corrected chi connectivity index (χ3v) is 2.63. The minimum Gasteiger partial charge on any atom is -0.418 e. The third kappa shape index (κ3) is 3.43. The van der Waals surface area contributed by atoms with E-state index >= 15 is 0 Å². The van der Waals surface area contributed by atoms with Crippen LogP contribution < -0.4 is 0 Å². The Morgan fingerprint density at radius 1 is 0.773 bits per heavy atom. The Kier molecular flexibility index (Phi) is 4.62. The van der Waals surface area contributed by atoms with Crippen molar-refractivity contribution in [3.05, 3.63) is 36.5 Å². The normalized spacial score (nSPS) is 21.3. The molecule has 1 aliphatic heterocycles. The molecule has 1 aliphatic rings. The summed E-state index contributed by atoms with van der Waals surface area (Å²) in [7, 11) is 0. The van der Waals surface area contributed by atoms with E-state index in [1.165, 1.54) is 27.7 Å². The molecule has 0 spiro atoms. The zero-order valence-corrected chi connectivity index (χ0v) is 13.0. The molecule has 0 aromatic heterocycles. The Bertz CT molecular complexity index is 559. The van der Waals surface area contributed by atoms with Crippen LogP contribution in [0, 0.1) is 0 Å². The molecule has 0 aromatic rings. The molecule has 0 radical (unpaired) electrons. The van der Waals surface area contributed by atoms with Crippen molar-refractivity contribution in [2.75, 3.05) is 0 Å². The molecule has 1 rings (SSSR count). The smallest absolute Gasteiger partial charge is 0.418 e. The predicted molar refractivity (Wildman–Crippen MR) is 74.9 cm³/mol. The molecule has 1 unspecified atom stereocenters. The van der Waals surface area contributed by atoms with E-state index in [2.05, 4.69) is 19.7 Å². The Balaban J connectivity index is 3.00. The summed E-state index contributed by atoms with van der Waals surface area (Å²) >= 11 is 0. The van der Waals surface area contributed by atoms with Crippen molar-refractivity contribution in [2.45, 2.75) is 39.5 Å². The number of hydrogen-bond acceptors (Lipinski definition) is 7. The van der Waals surface area contributed by atoms with E-state index in [4.69, 9.17) is 18.9 Å². The second kappa shape index (κ2) is 5.76. The highest BCUT2D eigenvalue weighted by molar-refractivity contribution is 5.90. The highest BCUT2D eigenvalue weighted by atomic mass is 17.0. The number of carbonyl (C=O) groups is 3. The first-order valence-corrected chi connectivity index (χ1v) is 6.31. The van der Waals surface area contributed by atoms with Crippen molar-refractivity contribution < 1.29 is 33.3 Å². The molecule has 7 heteroatoms. The number of ether oxygens (including phenoxy) is 4. The second-order valence-corrected chi connectivity index (χ2v) is 5.11. The van der Waals surface area contributed by atoms with E-state index in [1.807, 2.05) is 0 Å². The first-order valence-electron chi connectivity index (χ1n) is 6.31. The Morgan fingerprint density at radius 3 is 1.41 bits per heavy atom. The maximum absolute atomic E-state index is 11.7. The molecular weight excluding hydrogens is 292 g/mol. The Morgan fingerprint density at radius 2 is 1.09 bits per heavy atom. The van der Waals surface area contributed by atoms with Crippen molar-refractivity contribution in [3.8, 4) is 0 Å². The number of esters is 3. The molecular formula is C15H18O7. The lowest BCUT2D eigenvalue weighted by Crippen LogP contribution is -2.37. The van der Waals surface area contributed by atoms with E-state index in [0.29, 0.717) is 0 Å². The molecule has 0 amide bonds. The van der Waals surface area contributed by atoms with E-state index in [-0.39, 0.29) is 16.7 Å². The zero-order valence-electron chi connectivity index (χ0n) is 13.0. The van der Waals surface area contributed by atoms with Gasteiger partial charge in [0.2, 0.25) is 0 Å². The van der Waals surface area contributed by atoms with E-state index in [0.717, 1.165) is 0 Å². The molecule has 0 saturated carbocycles. The molecule has 1 atom stereocenters. The van der Waals surface area contributed by atoms with Gasteiger partial charge in [-0.15, -0.1) is 0 Å². The standard InChI is InChI=1S/C15H18O7/c1-8(2)11(16)19-14(7)15(22-14,20-12(17)9(3)4)21-13(18)10(5)6/h1,3,5H2,2,4,6-7H3. The molecule has 22 heavy (non-hydrogen) atoms. The third-order valence-electron chi connectivity index (χ3n) is 2.63. The van der Waals surface area contributed by atoms with Crippen molar-refractivity contribution in [1.82, 2.24) is 0 Å². The number of epoxide rings is 1. The highest BCUT2D eigenvalue weighted by Crippen LogP contribution is 2.51. The van der Waals surface area contributed by atoms with Crippen LogP contribution in [-0.4, -0.2) is 29.7 Å². The van der Waals surface area contributed by atoms with Crippen molar-refractivity contribution in [3.63, 3.8) is 0 Å². The molecule has 7 nitrogen and oxygen atoms in total. The Labute approximate surface area is 128 Å². The number of carbonyl (C=O) groups excluding carboxylic acids is 3. The van der Waals surface area contributed by atoms with Gasteiger partial charge < -0.3 is 14.2 Å². The first-order chi connectivity index (χ1) is 9.94. The Hall–Kier alpha value is -2.41. The molecule has 1 fully saturated rings. The van der Waals surface area contributed by atoms with Crippen molar-refractivity contribution >= 4 is 17.9 Å².